The molecule has 0 amide bonds. The lowest BCUT2D eigenvalue weighted by Crippen LogP contribution is -2.02. The van der Waals surface area contributed by atoms with Crippen LogP contribution in [-0.4, -0.2) is 12.9 Å². The van der Waals surface area contributed by atoms with Gasteiger partial charge in [0, 0.05) is 0 Å². The molecule has 0 unspecified atom stereocenters. The van der Waals surface area contributed by atoms with Crippen LogP contribution in [0.15, 0.2) is 72.8 Å². The standard InChI is InChI=1S/C23H18F2O3/c1-27-22-14-16(10-12-20(26)23-18(24)8-5-9-19(23)25)11-13-21(22)28-15-17-6-3-2-4-7-17/h2-14H,15H2,1H3/b12-10+. The van der Waals surface area contributed by atoms with Gasteiger partial charge in [-0.2, -0.15) is 0 Å². The Morgan fingerprint density at radius 2 is 1.64 bits per heavy atom. The Labute approximate surface area is 161 Å². The zero-order valence-electron chi connectivity index (χ0n) is 15.2. The zero-order chi connectivity index (χ0) is 19.9. The molecule has 0 spiro atoms. The molecule has 3 nitrogen and oxygen atoms in total. The average molecular weight is 380 g/mol. The molecule has 0 heterocycles. The van der Waals surface area contributed by atoms with Gasteiger partial charge in [0.1, 0.15) is 18.2 Å². The van der Waals surface area contributed by atoms with Crippen LogP contribution < -0.4 is 9.47 Å². The van der Waals surface area contributed by atoms with Gasteiger partial charge in [-0.3, -0.25) is 4.79 Å². The third-order valence-electron chi connectivity index (χ3n) is 4.06. The molecule has 28 heavy (non-hydrogen) atoms. The Balaban J connectivity index is 1.74. The van der Waals surface area contributed by atoms with Gasteiger partial charge in [0.25, 0.3) is 0 Å². The highest BCUT2D eigenvalue weighted by Gasteiger charge is 2.14. The summed E-state index contributed by atoms with van der Waals surface area (Å²) in [6, 6.07) is 18.1. The van der Waals surface area contributed by atoms with Gasteiger partial charge in [0.05, 0.1) is 12.7 Å². The first-order chi connectivity index (χ1) is 13.6. The van der Waals surface area contributed by atoms with E-state index in [1.807, 2.05) is 30.3 Å². The molecular formula is C23H18F2O3. The summed E-state index contributed by atoms with van der Waals surface area (Å²) in [5.74, 6) is -1.50. The number of ketones is 1. The van der Waals surface area contributed by atoms with E-state index < -0.39 is 23.0 Å². The fourth-order valence-corrected chi connectivity index (χ4v) is 2.63. The van der Waals surface area contributed by atoms with Gasteiger partial charge >= 0.3 is 0 Å². The summed E-state index contributed by atoms with van der Waals surface area (Å²) in [5, 5.41) is 0. The molecule has 0 bridgehead atoms. The Morgan fingerprint density at radius 3 is 2.32 bits per heavy atom. The molecule has 0 aliphatic carbocycles. The second kappa shape index (κ2) is 8.95. The fraction of sp³-hybridized carbons (Fsp3) is 0.0870. The van der Waals surface area contributed by atoms with E-state index in [9.17, 15) is 13.6 Å². The number of carbonyl (C=O) groups is 1. The SMILES string of the molecule is COc1cc(/C=C/C(=O)c2c(F)cccc2F)ccc1OCc1ccccc1. The number of hydrogen-bond donors (Lipinski definition) is 0. The van der Waals surface area contributed by atoms with Crippen molar-refractivity contribution >= 4 is 11.9 Å². The quantitative estimate of drug-likeness (QED) is 0.404. The molecule has 0 radical (unpaired) electrons. The van der Waals surface area contributed by atoms with Crippen LogP contribution in [0.5, 0.6) is 11.5 Å². The first-order valence-corrected chi connectivity index (χ1v) is 8.59. The summed E-state index contributed by atoms with van der Waals surface area (Å²) < 4.78 is 38.5. The predicted octanol–water partition coefficient (Wildman–Crippen LogP) is 5.45. The van der Waals surface area contributed by atoms with Crippen molar-refractivity contribution in [2.24, 2.45) is 0 Å². The van der Waals surface area contributed by atoms with Gasteiger partial charge < -0.3 is 9.47 Å². The Kier molecular flexibility index (Phi) is 6.17. The number of rotatable bonds is 7. The predicted molar refractivity (Wildman–Crippen MR) is 103 cm³/mol. The average Bonchev–Trinajstić information content (AvgIpc) is 2.71. The van der Waals surface area contributed by atoms with Crippen molar-refractivity contribution in [3.63, 3.8) is 0 Å². The molecule has 0 aliphatic heterocycles. The number of ether oxygens (including phenoxy) is 2. The fourth-order valence-electron chi connectivity index (χ4n) is 2.63. The first kappa shape index (κ1) is 19.3. The van der Waals surface area contributed by atoms with Gasteiger partial charge in [-0.25, -0.2) is 8.78 Å². The molecule has 0 fully saturated rings. The molecule has 142 valence electrons. The van der Waals surface area contributed by atoms with E-state index in [0.717, 1.165) is 23.8 Å². The molecule has 5 heteroatoms. The Bertz CT molecular complexity index is 978. The highest BCUT2D eigenvalue weighted by Crippen LogP contribution is 2.29. The van der Waals surface area contributed by atoms with Crippen LogP contribution in [0.4, 0.5) is 8.78 Å². The molecule has 0 saturated heterocycles. The maximum atomic E-state index is 13.7. The van der Waals surface area contributed by atoms with Crippen LogP contribution in [0.25, 0.3) is 6.08 Å². The van der Waals surface area contributed by atoms with E-state index in [4.69, 9.17) is 9.47 Å². The highest BCUT2D eigenvalue weighted by atomic mass is 19.1. The van der Waals surface area contributed by atoms with Gasteiger partial charge in [-0.1, -0.05) is 48.5 Å². The number of allylic oxidation sites excluding steroid dienone is 1. The van der Waals surface area contributed by atoms with Crippen molar-refractivity contribution in [2.75, 3.05) is 7.11 Å². The van der Waals surface area contributed by atoms with E-state index >= 15 is 0 Å². The number of methoxy groups -OCH3 is 1. The number of carbonyl (C=O) groups excluding carboxylic acids is 1. The van der Waals surface area contributed by atoms with E-state index in [1.54, 1.807) is 18.2 Å². The van der Waals surface area contributed by atoms with Gasteiger partial charge in [0.2, 0.25) is 0 Å². The minimum absolute atomic E-state index is 0.386. The smallest absolute Gasteiger partial charge is 0.191 e. The second-order valence-corrected chi connectivity index (χ2v) is 5.98. The first-order valence-electron chi connectivity index (χ1n) is 8.59. The third kappa shape index (κ3) is 4.62. The molecule has 3 aromatic rings. The van der Waals surface area contributed by atoms with Crippen LogP contribution in [0.3, 0.4) is 0 Å². The van der Waals surface area contributed by atoms with Crippen molar-refractivity contribution in [1.82, 2.24) is 0 Å². The molecule has 0 atom stereocenters. The summed E-state index contributed by atoms with van der Waals surface area (Å²) in [7, 11) is 1.51. The maximum absolute atomic E-state index is 13.7. The minimum Gasteiger partial charge on any atom is -0.493 e. The molecule has 0 saturated carbocycles. The molecule has 0 N–H and O–H groups in total. The van der Waals surface area contributed by atoms with Crippen molar-refractivity contribution in [3.8, 4) is 11.5 Å². The van der Waals surface area contributed by atoms with Gasteiger partial charge in [0.15, 0.2) is 17.3 Å². The topological polar surface area (TPSA) is 35.5 Å². The molecule has 0 aliphatic rings. The lowest BCUT2D eigenvalue weighted by Gasteiger charge is -2.11. The van der Waals surface area contributed by atoms with E-state index in [2.05, 4.69) is 0 Å². The maximum Gasteiger partial charge on any atom is 0.191 e. The second-order valence-electron chi connectivity index (χ2n) is 5.98. The molecular weight excluding hydrogens is 362 g/mol. The summed E-state index contributed by atoms with van der Waals surface area (Å²) >= 11 is 0. The Morgan fingerprint density at radius 1 is 0.929 bits per heavy atom. The monoisotopic (exact) mass is 380 g/mol. The lowest BCUT2D eigenvalue weighted by molar-refractivity contribution is 0.104. The van der Waals surface area contributed by atoms with E-state index in [0.29, 0.717) is 23.7 Å². The normalized spacial score (nSPS) is 10.8. The van der Waals surface area contributed by atoms with E-state index in [-0.39, 0.29) is 0 Å². The third-order valence-corrected chi connectivity index (χ3v) is 4.06. The van der Waals surface area contributed by atoms with Crippen LogP contribution in [0, 0.1) is 11.6 Å². The van der Waals surface area contributed by atoms with Crippen molar-refractivity contribution in [2.45, 2.75) is 6.61 Å². The highest BCUT2D eigenvalue weighted by molar-refractivity contribution is 6.07. The van der Waals surface area contributed by atoms with Crippen LogP contribution >= 0.6 is 0 Å². The van der Waals surface area contributed by atoms with Gasteiger partial charge in [-0.15, -0.1) is 0 Å². The van der Waals surface area contributed by atoms with E-state index in [1.165, 1.54) is 19.3 Å². The summed E-state index contributed by atoms with van der Waals surface area (Å²) in [6.07, 6.45) is 2.60. The number of halogens is 2. The zero-order valence-corrected chi connectivity index (χ0v) is 15.2. The van der Waals surface area contributed by atoms with Crippen LogP contribution in [0.1, 0.15) is 21.5 Å². The molecule has 3 rings (SSSR count). The van der Waals surface area contributed by atoms with Crippen LogP contribution in [0.2, 0.25) is 0 Å². The van der Waals surface area contributed by atoms with Crippen molar-refractivity contribution in [3.05, 3.63) is 101 Å². The molecule has 0 aromatic heterocycles. The minimum atomic E-state index is -0.892. The summed E-state index contributed by atoms with van der Waals surface area (Å²) in [6.45, 7) is 0.386. The largest absolute Gasteiger partial charge is 0.493 e. The molecule has 3 aromatic carbocycles. The Hall–Kier alpha value is -3.47. The lowest BCUT2D eigenvalue weighted by atomic mass is 10.1. The van der Waals surface area contributed by atoms with Crippen molar-refractivity contribution in [1.29, 1.82) is 0 Å². The van der Waals surface area contributed by atoms with Crippen LogP contribution in [-0.2, 0) is 6.61 Å². The van der Waals surface area contributed by atoms with Gasteiger partial charge in [-0.05, 0) is 41.5 Å². The summed E-state index contributed by atoms with van der Waals surface area (Å²) in [5.41, 5.74) is 1.08. The van der Waals surface area contributed by atoms with Crippen molar-refractivity contribution < 1.29 is 23.0 Å². The number of benzene rings is 3. The number of hydrogen-bond acceptors (Lipinski definition) is 3. The summed E-state index contributed by atoms with van der Waals surface area (Å²) in [4.78, 5) is 12.1.